The summed E-state index contributed by atoms with van der Waals surface area (Å²) in [7, 11) is 0. The van der Waals surface area contributed by atoms with Crippen LogP contribution in [-0.2, 0) is 0 Å². The van der Waals surface area contributed by atoms with Gasteiger partial charge in [-0.15, -0.1) is 11.3 Å². The molecule has 1 heterocycles. The lowest BCUT2D eigenvalue weighted by Gasteiger charge is -1.99. The molecule has 0 radical (unpaired) electrons. The van der Waals surface area contributed by atoms with Crippen LogP contribution in [0.4, 0.5) is 5.13 Å². The molecular weight excluding hydrogens is 332 g/mol. The molecule has 2 aromatic carbocycles. The van der Waals surface area contributed by atoms with Crippen LogP contribution in [0.25, 0.3) is 11.3 Å². The van der Waals surface area contributed by atoms with E-state index in [1.54, 1.807) is 12.1 Å². The molecule has 5 nitrogen and oxygen atoms in total. The smallest absolute Gasteiger partial charge is 0.203 e. The Morgan fingerprint density at radius 3 is 2.84 bits per heavy atom. The van der Waals surface area contributed by atoms with Crippen molar-refractivity contribution in [2.75, 3.05) is 5.43 Å². The summed E-state index contributed by atoms with van der Waals surface area (Å²) in [5, 5.41) is 15.9. The zero-order valence-corrected chi connectivity index (χ0v) is 13.9. The summed E-state index contributed by atoms with van der Waals surface area (Å²) in [5.41, 5.74) is 7.53. The first-order valence-electron chi connectivity index (χ1n) is 7.66. The monoisotopic (exact) mass is 344 g/mol. The fourth-order valence-corrected chi connectivity index (χ4v) is 3.40. The summed E-state index contributed by atoms with van der Waals surface area (Å²) in [6.45, 7) is 0. The van der Waals surface area contributed by atoms with E-state index >= 15 is 0 Å². The molecule has 25 heavy (non-hydrogen) atoms. The molecule has 4 rings (SSSR count). The molecule has 1 aromatic heterocycles. The van der Waals surface area contributed by atoms with Gasteiger partial charge in [-0.1, -0.05) is 36.4 Å². The topological polar surface area (TPSA) is 78.1 Å². The van der Waals surface area contributed by atoms with Gasteiger partial charge in [-0.05, 0) is 12.1 Å². The Hall–Kier alpha value is -3.30. The molecule has 0 atom stereocenters. The molecular formula is C19H12N4OS. The summed E-state index contributed by atoms with van der Waals surface area (Å²) in [6.07, 6.45) is 0.300. The van der Waals surface area contributed by atoms with E-state index in [4.69, 9.17) is 5.26 Å². The van der Waals surface area contributed by atoms with Crippen LogP contribution in [0.15, 0.2) is 59.0 Å². The Kier molecular flexibility index (Phi) is 3.84. The van der Waals surface area contributed by atoms with E-state index in [1.807, 2.05) is 41.8 Å². The highest BCUT2D eigenvalue weighted by atomic mass is 32.1. The van der Waals surface area contributed by atoms with Gasteiger partial charge in [-0.25, -0.2) is 4.98 Å². The summed E-state index contributed by atoms with van der Waals surface area (Å²) in [5.74, 6) is 0.0873. The SMILES string of the molecule is N#Cc1cccc(-c2csc(N/N=C3\CC(=O)c4ccccc43)n2)c1. The molecule has 0 unspecified atom stereocenters. The number of nitrogens with one attached hydrogen (secondary N) is 1. The van der Waals surface area contributed by atoms with Crippen LogP contribution in [0.3, 0.4) is 0 Å². The van der Waals surface area contributed by atoms with Crippen molar-refractivity contribution in [3.05, 3.63) is 70.6 Å². The normalized spacial score (nSPS) is 14.4. The number of fused-ring (bicyclic) bond motifs is 1. The lowest BCUT2D eigenvalue weighted by Crippen LogP contribution is -2.00. The molecule has 0 fully saturated rings. The molecule has 0 aliphatic heterocycles. The predicted octanol–water partition coefficient (Wildman–Crippen LogP) is 4.08. The highest BCUT2D eigenvalue weighted by Gasteiger charge is 2.25. The maximum Gasteiger partial charge on any atom is 0.203 e. The predicted molar refractivity (Wildman–Crippen MR) is 97.8 cm³/mol. The minimum Gasteiger partial charge on any atom is -0.294 e. The molecule has 1 aliphatic rings. The Bertz CT molecular complexity index is 1050. The van der Waals surface area contributed by atoms with Crippen molar-refractivity contribution < 1.29 is 4.79 Å². The van der Waals surface area contributed by atoms with Crippen LogP contribution in [0.1, 0.15) is 27.9 Å². The fourth-order valence-electron chi connectivity index (χ4n) is 2.74. The minimum atomic E-state index is 0.0873. The second-order valence-corrected chi connectivity index (χ2v) is 6.40. The second-order valence-electron chi connectivity index (χ2n) is 5.55. The fraction of sp³-hybridized carbons (Fsp3) is 0.0526. The largest absolute Gasteiger partial charge is 0.294 e. The van der Waals surface area contributed by atoms with Gasteiger partial charge in [0, 0.05) is 22.1 Å². The Morgan fingerprint density at radius 2 is 2.00 bits per heavy atom. The molecule has 6 heteroatoms. The van der Waals surface area contributed by atoms with Gasteiger partial charge in [-0.3, -0.25) is 10.2 Å². The van der Waals surface area contributed by atoms with E-state index in [9.17, 15) is 4.79 Å². The van der Waals surface area contributed by atoms with Gasteiger partial charge in [0.1, 0.15) is 0 Å². The second kappa shape index (κ2) is 6.30. The zero-order chi connectivity index (χ0) is 17.2. The summed E-state index contributed by atoms with van der Waals surface area (Å²) in [6, 6.07) is 16.9. The lowest BCUT2D eigenvalue weighted by atomic mass is 10.1. The average Bonchev–Trinajstić information content (AvgIpc) is 3.25. The van der Waals surface area contributed by atoms with E-state index in [0.29, 0.717) is 17.1 Å². The van der Waals surface area contributed by atoms with Crippen LogP contribution in [0.2, 0.25) is 0 Å². The maximum absolute atomic E-state index is 12.0. The van der Waals surface area contributed by atoms with E-state index in [-0.39, 0.29) is 5.78 Å². The third-order valence-electron chi connectivity index (χ3n) is 3.94. The van der Waals surface area contributed by atoms with Gasteiger partial charge in [0.25, 0.3) is 0 Å². The van der Waals surface area contributed by atoms with Gasteiger partial charge in [0.2, 0.25) is 5.13 Å². The highest BCUT2D eigenvalue weighted by molar-refractivity contribution is 7.14. The molecule has 1 aliphatic carbocycles. The van der Waals surface area contributed by atoms with Crippen molar-refractivity contribution in [3.63, 3.8) is 0 Å². The van der Waals surface area contributed by atoms with E-state index in [1.165, 1.54) is 11.3 Å². The van der Waals surface area contributed by atoms with Gasteiger partial charge in [-0.2, -0.15) is 10.4 Å². The number of nitriles is 1. The Balaban J connectivity index is 1.56. The summed E-state index contributed by atoms with van der Waals surface area (Å²) < 4.78 is 0. The van der Waals surface area contributed by atoms with Crippen molar-refractivity contribution >= 4 is 28.0 Å². The van der Waals surface area contributed by atoms with Crippen molar-refractivity contribution in [3.8, 4) is 17.3 Å². The first-order valence-corrected chi connectivity index (χ1v) is 8.54. The molecule has 120 valence electrons. The number of hydrogen-bond acceptors (Lipinski definition) is 6. The van der Waals surface area contributed by atoms with Gasteiger partial charge < -0.3 is 0 Å². The highest BCUT2D eigenvalue weighted by Crippen LogP contribution is 2.26. The quantitative estimate of drug-likeness (QED) is 0.726. The molecule has 1 N–H and O–H groups in total. The van der Waals surface area contributed by atoms with Crippen LogP contribution in [0, 0.1) is 11.3 Å². The molecule has 0 spiro atoms. The number of carbonyl (C=O) groups is 1. The number of hydrogen-bond donors (Lipinski definition) is 1. The molecule has 0 amide bonds. The Labute approximate surface area is 148 Å². The summed E-state index contributed by atoms with van der Waals surface area (Å²) in [4.78, 5) is 16.5. The number of aromatic nitrogens is 1. The number of hydrazone groups is 1. The number of nitrogens with zero attached hydrogens (tertiary/aromatic N) is 3. The lowest BCUT2D eigenvalue weighted by molar-refractivity contribution is 0.101. The van der Waals surface area contributed by atoms with E-state index in [0.717, 1.165) is 28.1 Å². The number of ketones is 1. The molecule has 3 aromatic rings. The number of Topliss-reactive ketones (excluding diaryl/α,β-unsaturated/α-hetero) is 1. The number of anilines is 1. The van der Waals surface area contributed by atoms with E-state index in [2.05, 4.69) is 21.6 Å². The van der Waals surface area contributed by atoms with Gasteiger partial charge >= 0.3 is 0 Å². The zero-order valence-electron chi connectivity index (χ0n) is 13.1. The molecule has 0 saturated carbocycles. The third-order valence-corrected chi connectivity index (χ3v) is 4.69. The van der Waals surface area contributed by atoms with Crippen LogP contribution < -0.4 is 5.43 Å². The first kappa shape index (κ1) is 15.2. The average molecular weight is 344 g/mol. The van der Waals surface area contributed by atoms with Crippen molar-refractivity contribution in [2.24, 2.45) is 5.10 Å². The summed E-state index contributed by atoms with van der Waals surface area (Å²) >= 11 is 1.43. The van der Waals surface area contributed by atoms with Gasteiger partial charge in [0.05, 0.1) is 29.5 Å². The van der Waals surface area contributed by atoms with Crippen molar-refractivity contribution in [2.45, 2.75) is 6.42 Å². The standard InChI is InChI=1S/C19H12N4OS/c20-10-12-4-3-5-13(8-12)17-11-25-19(21-17)23-22-16-9-18(24)15-7-2-1-6-14(15)16/h1-8,11H,9H2,(H,21,23)/b22-16+. The van der Waals surface area contributed by atoms with Crippen LogP contribution >= 0.6 is 11.3 Å². The van der Waals surface area contributed by atoms with Crippen LogP contribution in [0.5, 0.6) is 0 Å². The van der Waals surface area contributed by atoms with Crippen LogP contribution in [-0.4, -0.2) is 16.5 Å². The number of benzene rings is 2. The third kappa shape index (κ3) is 2.93. The molecule has 0 bridgehead atoms. The number of carbonyl (C=O) groups excluding carboxylic acids is 1. The maximum atomic E-state index is 12.0. The number of rotatable bonds is 3. The van der Waals surface area contributed by atoms with E-state index < -0.39 is 0 Å². The van der Waals surface area contributed by atoms with Gasteiger partial charge in [0.15, 0.2) is 5.78 Å². The molecule has 0 saturated heterocycles. The first-order chi connectivity index (χ1) is 12.2. The minimum absolute atomic E-state index is 0.0873. The Morgan fingerprint density at radius 1 is 1.16 bits per heavy atom. The van der Waals surface area contributed by atoms with Crippen molar-refractivity contribution in [1.82, 2.24) is 4.98 Å². The number of thiazole rings is 1. The van der Waals surface area contributed by atoms with Crippen molar-refractivity contribution in [1.29, 1.82) is 5.26 Å².